The lowest BCUT2D eigenvalue weighted by molar-refractivity contribution is 0.1000. The number of carbonyl (C=O) groups is 1. The predicted octanol–water partition coefficient (Wildman–Crippen LogP) is 1.52. The van der Waals surface area contributed by atoms with E-state index in [2.05, 4.69) is 5.32 Å². The number of thioether (sulfide) groups is 1. The fourth-order valence-electron chi connectivity index (χ4n) is 1.79. The van der Waals surface area contributed by atoms with Crippen LogP contribution < -0.4 is 11.1 Å². The normalized spacial score (nSPS) is 19.5. The van der Waals surface area contributed by atoms with Gasteiger partial charge in [0.15, 0.2) is 0 Å². The van der Waals surface area contributed by atoms with Gasteiger partial charge in [-0.3, -0.25) is 4.79 Å². The summed E-state index contributed by atoms with van der Waals surface area (Å²) in [6, 6.07) is 4.84. The molecule has 1 fully saturated rings. The molecule has 1 unspecified atom stereocenters. The highest BCUT2D eigenvalue weighted by atomic mass is 32.2. The largest absolute Gasteiger partial charge is 0.366 e. The summed E-state index contributed by atoms with van der Waals surface area (Å²) in [6.07, 6.45) is 1.13. The summed E-state index contributed by atoms with van der Waals surface area (Å²) in [6.45, 7) is 0.496. The first-order valence-corrected chi connectivity index (χ1v) is 6.71. The van der Waals surface area contributed by atoms with E-state index in [9.17, 15) is 9.18 Å². The zero-order chi connectivity index (χ0) is 12.3. The zero-order valence-electron chi connectivity index (χ0n) is 9.41. The number of carbonyl (C=O) groups excluding carboxylic acids is 1. The van der Waals surface area contributed by atoms with E-state index in [-0.39, 0.29) is 11.4 Å². The molecule has 3 nitrogen and oxygen atoms in total. The maximum Gasteiger partial charge on any atom is 0.248 e. The van der Waals surface area contributed by atoms with Gasteiger partial charge in [-0.05, 0) is 24.3 Å². The molecular weight excluding hydrogens is 239 g/mol. The molecule has 1 saturated heterocycles. The fraction of sp³-hybridized carbons (Fsp3) is 0.417. The summed E-state index contributed by atoms with van der Waals surface area (Å²) >= 11 is 1.91. The SMILES string of the molecule is NC(=O)c1ccc(CNC2CCSC2)c(F)c1. The predicted molar refractivity (Wildman–Crippen MR) is 67.5 cm³/mol. The van der Waals surface area contributed by atoms with Gasteiger partial charge in [0.05, 0.1) is 0 Å². The first-order valence-electron chi connectivity index (χ1n) is 5.56. The van der Waals surface area contributed by atoms with E-state index in [1.807, 2.05) is 11.8 Å². The van der Waals surface area contributed by atoms with Gasteiger partial charge in [-0.25, -0.2) is 4.39 Å². The van der Waals surface area contributed by atoms with E-state index < -0.39 is 5.91 Å². The van der Waals surface area contributed by atoms with Crippen LogP contribution in [0.4, 0.5) is 4.39 Å². The highest BCUT2D eigenvalue weighted by Crippen LogP contribution is 2.18. The minimum atomic E-state index is -0.601. The Balaban J connectivity index is 1.98. The Morgan fingerprint density at radius 1 is 1.59 bits per heavy atom. The van der Waals surface area contributed by atoms with Crippen LogP contribution in [-0.2, 0) is 6.54 Å². The molecule has 0 bridgehead atoms. The van der Waals surface area contributed by atoms with Crippen LogP contribution >= 0.6 is 11.8 Å². The molecule has 1 aliphatic rings. The maximum absolute atomic E-state index is 13.6. The van der Waals surface area contributed by atoms with Gasteiger partial charge in [-0.15, -0.1) is 0 Å². The molecule has 92 valence electrons. The van der Waals surface area contributed by atoms with Crippen LogP contribution in [0.15, 0.2) is 18.2 Å². The second kappa shape index (κ2) is 5.51. The van der Waals surface area contributed by atoms with Crippen molar-refractivity contribution in [2.75, 3.05) is 11.5 Å². The number of rotatable bonds is 4. The van der Waals surface area contributed by atoms with Gasteiger partial charge in [-0.1, -0.05) is 6.07 Å². The van der Waals surface area contributed by atoms with Crippen molar-refractivity contribution in [3.05, 3.63) is 35.1 Å². The van der Waals surface area contributed by atoms with Gasteiger partial charge in [-0.2, -0.15) is 11.8 Å². The molecule has 1 atom stereocenters. The van der Waals surface area contributed by atoms with Crippen molar-refractivity contribution in [1.82, 2.24) is 5.32 Å². The summed E-state index contributed by atoms with van der Waals surface area (Å²) in [5.41, 5.74) is 5.87. The lowest BCUT2D eigenvalue weighted by atomic mass is 10.1. The van der Waals surface area contributed by atoms with Gasteiger partial charge in [0.1, 0.15) is 5.82 Å². The number of halogens is 1. The molecule has 3 N–H and O–H groups in total. The highest BCUT2D eigenvalue weighted by molar-refractivity contribution is 7.99. The monoisotopic (exact) mass is 254 g/mol. The zero-order valence-corrected chi connectivity index (χ0v) is 10.2. The van der Waals surface area contributed by atoms with Crippen molar-refractivity contribution in [3.63, 3.8) is 0 Å². The third kappa shape index (κ3) is 3.20. The molecule has 17 heavy (non-hydrogen) atoms. The van der Waals surface area contributed by atoms with Crippen molar-refractivity contribution in [2.45, 2.75) is 19.0 Å². The molecule has 1 aromatic rings. The molecule has 1 aliphatic heterocycles. The molecule has 0 spiro atoms. The van der Waals surface area contributed by atoms with Crippen LogP contribution in [0, 0.1) is 5.82 Å². The number of amides is 1. The summed E-state index contributed by atoms with van der Waals surface area (Å²) < 4.78 is 13.6. The molecule has 1 amide bonds. The third-order valence-electron chi connectivity index (χ3n) is 2.85. The average Bonchev–Trinajstić information content (AvgIpc) is 2.80. The molecule has 0 radical (unpaired) electrons. The standard InChI is InChI=1S/C12H15FN2OS/c13-11-5-8(12(14)16)1-2-9(11)6-15-10-3-4-17-7-10/h1-2,5,10,15H,3-4,6-7H2,(H2,14,16). The average molecular weight is 254 g/mol. The summed E-state index contributed by atoms with van der Waals surface area (Å²) in [5.74, 6) is 1.27. The molecule has 0 aromatic heterocycles. The molecular formula is C12H15FN2OS. The van der Waals surface area contributed by atoms with Gasteiger partial charge < -0.3 is 11.1 Å². The van der Waals surface area contributed by atoms with Crippen molar-refractivity contribution >= 4 is 17.7 Å². The highest BCUT2D eigenvalue weighted by Gasteiger charge is 2.15. The molecule has 0 aliphatic carbocycles. The summed E-state index contributed by atoms with van der Waals surface area (Å²) in [4.78, 5) is 10.9. The Hall–Kier alpha value is -1.07. The number of nitrogens with two attached hydrogens (primary N) is 1. The van der Waals surface area contributed by atoms with Crippen molar-refractivity contribution in [2.24, 2.45) is 5.73 Å². The van der Waals surface area contributed by atoms with E-state index >= 15 is 0 Å². The van der Waals surface area contributed by atoms with E-state index in [0.29, 0.717) is 18.2 Å². The van der Waals surface area contributed by atoms with Crippen molar-refractivity contribution in [1.29, 1.82) is 0 Å². The van der Waals surface area contributed by atoms with Gasteiger partial charge in [0.2, 0.25) is 5.91 Å². The first-order chi connectivity index (χ1) is 8.16. The van der Waals surface area contributed by atoms with Crippen LogP contribution in [0.25, 0.3) is 0 Å². The Bertz CT molecular complexity index is 419. The van der Waals surface area contributed by atoms with Crippen LogP contribution in [0.5, 0.6) is 0 Å². The van der Waals surface area contributed by atoms with E-state index in [1.54, 1.807) is 12.1 Å². The third-order valence-corrected chi connectivity index (χ3v) is 4.01. The summed E-state index contributed by atoms with van der Waals surface area (Å²) in [5, 5.41) is 3.31. The number of hydrogen-bond acceptors (Lipinski definition) is 3. The Kier molecular flexibility index (Phi) is 4.02. The van der Waals surface area contributed by atoms with Gasteiger partial charge in [0.25, 0.3) is 0 Å². The second-order valence-corrected chi connectivity index (χ2v) is 5.26. The Labute approximate surface area is 104 Å². The lowest BCUT2D eigenvalue weighted by Crippen LogP contribution is -2.28. The van der Waals surface area contributed by atoms with E-state index in [1.165, 1.54) is 11.8 Å². The molecule has 1 heterocycles. The van der Waals surface area contributed by atoms with Crippen molar-refractivity contribution in [3.8, 4) is 0 Å². The number of benzene rings is 1. The second-order valence-electron chi connectivity index (χ2n) is 4.11. The lowest BCUT2D eigenvalue weighted by Gasteiger charge is -2.11. The smallest absolute Gasteiger partial charge is 0.248 e. The van der Waals surface area contributed by atoms with Gasteiger partial charge in [0, 0.05) is 29.5 Å². The maximum atomic E-state index is 13.6. The fourth-order valence-corrected chi connectivity index (χ4v) is 2.98. The van der Waals surface area contributed by atoms with Gasteiger partial charge >= 0.3 is 0 Å². The van der Waals surface area contributed by atoms with Crippen molar-refractivity contribution < 1.29 is 9.18 Å². The van der Waals surface area contributed by atoms with Crippen LogP contribution in [0.3, 0.4) is 0 Å². The number of hydrogen-bond donors (Lipinski definition) is 2. The number of primary amides is 1. The summed E-state index contributed by atoms with van der Waals surface area (Å²) in [7, 11) is 0. The quantitative estimate of drug-likeness (QED) is 0.856. The molecule has 1 aromatic carbocycles. The van der Waals surface area contributed by atoms with E-state index in [4.69, 9.17) is 5.73 Å². The van der Waals surface area contributed by atoms with Crippen LogP contribution in [-0.4, -0.2) is 23.5 Å². The minimum absolute atomic E-state index is 0.211. The van der Waals surface area contributed by atoms with E-state index in [0.717, 1.165) is 12.2 Å². The Morgan fingerprint density at radius 2 is 2.41 bits per heavy atom. The minimum Gasteiger partial charge on any atom is -0.366 e. The molecule has 0 saturated carbocycles. The first kappa shape index (κ1) is 12.4. The molecule has 2 rings (SSSR count). The van der Waals surface area contributed by atoms with Crippen LogP contribution in [0.1, 0.15) is 22.3 Å². The number of nitrogens with one attached hydrogen (secondary N) is 1. The topological polar surface area (TPSA) is 55.1 Å². The molecule has 5 heteroatoms. The van der Waals surface area contributed by atoms with Crippen LogP contribution in [0.2, 0.25) is 0 Å². The Morgan fingerprint density at radius 3 is 3.00 bits per heavy atom.